The molecule has 0 aliphatic heterocycles. The van der Waals surface area contributed by atoms with Crippen LogP contribution < -0.4 is 5.69 Å². The van der Waals surface area contributed by atoms with E-state index >= 15 is 0 Å². The first-order chi connectivity index (χ1) is 35.6. The smallest absolute Gasteiger partial charge is 0.309 e. The number of aromatic nitrogens is 4. The molecule has 14 aromatic rings. The molecule has 0 N–H and O–H groups in total. The van der Waals surface area contributed by atoms with Crippen molar-refractivity contribution in [3.05, 3.63) is 277 Å². The second-order valence-electron chi connectivity index (χ2n) is 18.5. The third-order valence-electron chi connectivity index (χ3n) is 14.4. The lowest BCUT2D eigenvalue weighted by atomic mass is 9.98. The van der Waals surface area contributed by atoms with Gasteiger partial charge in [-0.1, -0.05) is 170 Å². The van der Waals surface area contributed by atoms with Gasteiger partial charge >= 0.3 is 5.69 Å². The monoisotopic (exact) mass is 920 g/mol. The first-order valence-corrected chi connectivity index (χ1v) is 24.5. The Labute approximate surface area is 415 Å². The quantitative estimate of drug-likeness (QED) is 0.150. The lowest BCUT2D eigenvalue weighted by molar-refractivity contribution is 0.931. The van der Waals surface area contributed by atoms with Crippen molar-refractivity contribution in [2.45, 2.75) is 0 Å². The van der Waals surface area contributed by atoms with E-state index in [1.807, 2.05) is 57.7 Å². The summed E-state index contributed by atoms with van der Waals surface area (Å²) < 4.78 is 8.40. The molecule has 3 aromatic heterocycles. The second kappa shape index (κ2) is 16.8. The molecular formula is C67H44N4O. The van der Waals surface area contributed by atoms with Crippen LogP contribution in [-0.4, -0.2) is 18.3 Å². The summed E-state index contributed by atoms with van der Waals surface area (Å²) in [6.45, 7) is 0. The van der Waals surface area contributed by atoms with Crippen LogP contribution in [0.3, 0.4) is 0 Å². The van der Waals surface area contributed by atoms with Gasteiger partial charge in [0.1, 0.15) is 0 Å². The van der Waals surface area contributed by atoms with Crippen LogP contribution in [0.5, 0.6) is 0 Å². The maximum absolute atomic E-state index is 15.0. The Morgan fingerprint density at radius 3 is 0.708 bits per heavy atom. The van der Waals surface area contributed by atoms with Crippen molar-refractivity contribution in [1.82, 2.24) is 18.3 Å². The molecule has 0 aliphatic rings. The van der Waals surface area contributed by atoms with E-state index in [9.17, 15) is 4.79 Å². The molecule has 338 valence electrons. The molecule has 0 saturated carbocycles. The van der Waals surface area contributed by atoms with Gasteiger partial charge in [0.25, 0.3) is 0 Å². The summed E-state index contributed by atoms with van der Waals surface area (Å²) in [7, 11) is 0. The minimum Gasteiger partial charge on any atom is -0.309 e. The van der Waals surface area contributed by atoms with E-state index < -0.39 is 0 Å². The average molecular weight is 921 g/mol. The molecule has 0 bridgehead atoms. The van der Waals surface area contributed by atoms with Crippen molar-refractivity contribution in [2.75, 3.05) is 0 Å². The fraction of sp³-hybridized carbons (Fsp3) is 0. The zero-order valence-corrected chi connectivity index (χ0v) is 39.1. The number of rotatable bonds is 8. The van der Waals surface area contributed by atoms with Crippen LogP contribution in [0, 0.1) is 0 Å². The molecule has 5 heteroatoms. The van der Waals surface area contributed by atoms with Gasteiger partial charge in [-0.05, 0) is 142 Å². The number of para-hydroxylation sites is 6. The maximum atomic E-state index is 15.0. The number of imidazole rings is 1. The van der Waals surface area contributed by atoms with Crippen molar-refractivity contribution in [1.29, 1.82) is 0 Å². The molecule has 0 spiro atoms. The van der Waals surface area contributed by atoms with Crippen LogP contribution in [0.4, 0.5) is 0 Å². The maximum Gasteiger partial charge on any atom is 0.338 e. The summed E-state index contributed by atoms with van der Waals surface area (Å²) in [5, 5.41) is 4.97. The number of hydrogen-bond donors (Lipinski definition) is 0. The van der Waals surface area contributed by atoms with Gasteiger partial charge in [0.15, 0.2) is 0 Å². The molecule has 14 rings (SSSR count). The molecular weight excluding hydrogens is 877 g/mol. The molecule has 5 nitrogen and oxygen atoms in total. The topological polar surface area (TPSA) is 36.8 Å². The molecule has 3 heterocycles. The van der Waals surface area contributed by atoms with Gasteiger partial charge < -0.3 is 9.13 Å². The number of hydrogen-bond acceptors (Lipinski definition) is 1. The minimum absolute atomic E-state index is 0.128. The Morgan fingerprint density at radius 2 is 0.417 bits per heavy atom. The lowest BCUT2D eigenvalue weighted by Crippen LogP contribution is -2.22. The molecule has 72 heavy (non-hydrogen) atoms. The molecule has 0 amide bonds. The molecule has 0 radical (unpaired) electrons. The Hall–Kier alpha value is -9.71. The van der Waals surface area contributed by atoms with Crippen molar-refractivity contribution >= 4 is 54.6 Å². The van der Waals surface area contributed by atoms with Crippen LogP contribution in [0.2, 0.25) is 0 Å². The number of benzene rings is 11. The molecule has 0 aliphatic carbocycles. The van der Waals surface area contributed by atoms with E-state index in [0.717, 1.165) is 78.3 Å². The fourth-order valence-electron chi connectivity index (χ4n) is 11.1. The SMILES string of the molecule is O=c1n(-c2cccc(-c3cccc(-c4cccc(-n5c6ccccc6c6ccccc65)c4)c3)c2)c2ccccc2n1-c1cccc(-c2cccc(-c3cccc(-n4c5ccccc5c5ccccc54)c3)c2)c1. The highest BCUT2D eigenvalue weighted by Crippen LogP contribution is 2.37. The zero-order chi connectivity index (χ0) is 47.7. The standard InChI is InChI=1S/C67H44N4O/c72-67-70(55-27-15-23-51(43-55)47-19-11-17-45(39-47)49-21-13-25-53(41-49)68-61-33-5-1-29-57(61)58-30-2-6-34-62(58)68)65-37-9-10-38-66(65)71(67)56-28-16-24-52(44-56)48-20-12-18-46(40-48)50-22-14-26-54(42-50)69-63-35-7-3-31-59(63)60-32-4-8-36-64(60)69/h1-44H. The van der Waals surface area contributed by atoms with E-state index in [4.69, 9.17) is 0 Å². The van der Waals surface area contributed by atoms with E-state index in [2.05, 4.69) is 228 Å². The van der Waals surface area contributed by atoms with Crippen molar-refractivity contribution in [2.24, 2.45) is 0 Å². The average Bonchev–Trinajstić information content (AvgIpc) is 4.08. The van der Waals surface area contributed by atoms with Crippen molar-refractivity contribution in [3.63, 3.8) is 0 Å². The summed E-state index contributed by atoms with van der Waals surface area (Å²) in [6, 6.07) is 94.2. The summed E-state index contributed by atoms with van der Waals surface area (Å²) in [4.78, 5) is 15.0. The van der Waals surface area contributed by atoms with E-state index in [1.165, 1.54) is 43.6 Å². The highest BCUT2D eigenvalue weighted by Gasteiger charge is 2.19. The number of fused-ring (bicyclic) bond motifs is 7. The van der Waals surface area contributed by atoms with Gasteiger partial charge in [0.05, 0.1) is 44.5 Å². The third kappa shape index (κ3) is 6.74. The Morgan fingerprint density at radius 1 is 0.194 bits per heavy atom. The van der Waals surface area contributed by atoms with Gasteiger partial charge in [-0.25, -0.2) is 4.79 Å². The van der Waals surface area contributed by atoms with Crippen LogP contribution in [0.15, 0.2) is 272 Å². The Kier molecular flexibility index (Phi) is 9.61. The predicted molar refractivity (Wildman–Crippen MR) is 299 cm³/mol. The molecule has 0 unspecified atom stereocenters. The molecule has 0 fully saturated rings. The molecule has 0 saturated heterocycles. The normalized spacial score (nSPS) is 11.7. The lowest BCUT2D eigenvalue weighted by Gasteiger charge is -2.12. The van der Waals surface area contributed by atoms with Crippen LogP contribution >= 0.6 is 0 Å². The van der Waals surface area contributed by atoms with Crippen molar-refractivity contribution in [3.8, 4) is 67.3 Å². The van der Waals surface area contributed by atoms with E-state index in [0.29, 0.717) is 0 Å². The van der Waals surface area contributed by atoms with Crippen molar-refractivity contribution < 1.29 is 0 Å². The fourth-order valence-corrected chi connectivity index (χ4v) is 11.1. The summed E-state index contributed by atoms with van der Waals surface area (Å²) in [6.07, 6.45) is 0. The molecule has 11 aromatic carbocycles. The molecule has 0 atom stereocenters. The summed E-state index contributed by atoms with van der Waals surface area (Å²) in [5.74, 6) is 0. The predicted octanol–water partition coefficient (Wildman–Crippen LogP) is 16.6. The van der Waals surface area contributed by atoms with Gasteiger partial charge in [-0.15, -0.1) is 0 Å². The minimum atomic E-state index is -0.128. The highest BCUT2D eigenvalue weighted by atomic mass is 16.1. The largest absolute Gasteiger partial charge is 0.338 e. The third-order valence-corrected chi connectivity index (χ3v) is 14.4. The Bertz CT molecular complexity index is 4110. The van der Waals surface area contributed by atoms with E-state index in [1.54, 1.807) is 0 Å². The Balaban J connectivity index is 0.799. The van der Waals surface area contributed by atoms with Crippen LogP contribution in [0.1, 0.15) is 0 Å². The first-order valence-electron chi connectivity index (χ1n) is 24.5. The van der Waals surface area contributed by atoms with Crippen LogP contribution in [0.25, 0.3) is 122 Å². The highest BCUT2D eigenvalue weighted by molar-refractivity contribution is 6.10. The van der Waals surface area contributed by atoms with Gasteiger partial charge in [-0.2, -0.15) is 0 Å². The van der Waals surface area contributed by atoms with Gasteiger partial charge in [-0.3, -0.25) is 9.13 Å². The van der Waals surface area contributed by atoms with E-state index in [-0.39, 0.29) is 5.69 Å². The number of nitrogens with zero attached hydrogens (tertiary/aromatic N) is 4. The summed E-state index contributed by atoms with van der Waals surface area (Å²) in [5.41, 5.74) is 18.8. The summed E-state index contributed by atoms with van der Waals surface area (Å²) >= 11 is 0. The van der Waals surface area contributed by atoms with Crippen LogP contribution in [-0.2, 0) is 0 Å². The van der Waals surface area contributed by atoms with Gasteiger partial charge in [0.2, 0.25) is 0 Å². The van der Waals surface area contributed by atoms with Gasteiger partial charge in [0, 0.05) is 32.9 Å². The first kappa shape index (κ1) is 41.3. The zero-order valence-electron chi connectivity index (χ0n) is 39.1. The second-order valence-corrected chi connectivity index (χ2v) is 18.5.